The van der Waals surface area contributed by atoms with Crippen molar-refractivity contribution >= 4 is 11.9 Å². The number of nitrogens with one attached hydrogen (secondary N) is 1. The van der Waals surface area contributed by atoms with Gasteiger partial charge < -0.3 is 14.9 Å². The minimum atomic E-state index is -0.736. The van der Waals surface area contributed by atoms with Gasteiger partial charge in [0, 0.05) is 19.0 Å². The molecule has 0 atom stereocenters. The van der Waals surface area contributed by atoms with Crippen LogP contribution in [0.2, 0.25) is 0 Å². The summed E-state index contributed by atoms with van der Waals surface area (Å²) in [5.74, 6) is -0.0845. The van der Waals surface area contributed by atoms with Gasteiger partial charge in [0.2, 0.25) is 5.91 Å². The maximum absolute atomic E-state index is 11.6. The van der Waals surface area contributed by atoms with E-state index in [1.807, 2.05) is 0 Å². The largest absolute Gasteiger partial charge is 0.481 e. The molecule has 0 saturated heterocycles. The smallest absolute Gasteiger partial charge is 0.303 e. The lowest BCUT2D eigenvalue weighted by molar-refractivity contribution is -0.137. The van der Waals surface area contributed by atoms with Crippen molar-refractivity contribution in [2.45, 2.75) is 51.9 Å². The lowest BCUT2D eigenvalue weighted by atomic mass is 10.1. The van der Waals surface area contributed by atoms with E-state index in [2.05, 4.69) is 10.5 Å². The zero-order valence-electron chi connectivity index (χ0n) is 11.9. The third kappa shape index (κ3) is 7.56. The van der Waals surface area contributed by atoms with Crippen LogP contribution >= 0.6 is 0 Å². The Hall–Kier alpha value is -1.85. The molecule has 0 bridgehead atoms. The maximum Gasteiger partial charge on any atom is 0.303 e. The van der Waals surface area contributed by atoms with Crippen molar-refractivity contribution in [2.24, 2.45) is 0 Å². The monoisotopic (exact) mass is 282 g/mol. The number of carboxylic acid groups (broad SMARTS) is 1. The molecule has 6 nitrogen and oxygen atoms in total. The molecule has 0 aliphatic carbocycles. The van der Waals surface area contributed by atoms with Gasteiger partial charge in [0.15, 0.2) is 0 Å². The summed E-state index contributed by atoms with van der Waals surface area (Å²) in [7, 11) is 0. The molecular formula is C14H22N2O4. The number of aliphatic carboxylic acids is 1. The Morgan fingerprint density at radius 2 is 1.95 bits per heavy atom. The molecule has 1 aromatic heterocycles. The number of carboxylic acids is 1. The van der Waals surface area contributed by atoms with Gasteiger partial charge in [-0.25, -0.2) is 0 Å². The van der Waals surface area contributed by atoms with Crippen LogP contribution in [-0.2, 0) is 16.0 Å². The Balaban J connectivity index is 1.95. The first-order valence-corrected chi connectivity index (χ1v) is 6.98. The fraction of sp³-hybridized carbons (Fsp3) is 0.643. The van der Waals surface area contributed by atoms with E-state index in [9.17, 15) is 9.59 Å². The highest BCUT2D eigenvalue weighted by molar-refractivity contribution is 5.77. The van der Waals surface area contributed by atoms with Gasteiger partial charge in [-0.05, 0) is 19.8 Å². The van der Waals surface area contributed by atoms with E-state index in [0.717, 1.165) is 32.1 Å². The van der Waals surface area contributed by atoms with E-state index in [1.54, 1.807) is 13.0 Å². The number of carbonyl (C=O) groups excluding carboxylic acids is 1. The van der Waals surface area contributed by atoms with Crippen molar-refractivity contribution in [3.8, 4) is 0 Å². The van der Waals surface area contributed by atoms with Crippen LogP contribution in [0.1, 0.15) is 50.0 Å². The first kappa shape index (κ1) is 16.2. The average molecular weight is 282 g/mol. The summed E-state index contributed by atoms with van der Waals surface area (Å²) in [6.45, 7) is 2.44. The number of rotatable bonds is 10. The number of aryl methyl sites for hydroxylation is 1. The number of aromatic nitrogens is 1. The van der Waals surface area contributed by atoms with E-state index in [0.29, 0.717) is 18.0 Å². The highest BCUT2D eigenvalue weighted by Crippen LogP contribution is 2.05. The minimum Gasteiger partial charge on any atom is -0.481 e. The average Bonchev–Trinajstić information content (AvgIpc) is 2.77. The number of amides is 1. The molecule has 1 heterocycles. The van der Waals surface area contributed by atoms with Gasteiger partial charge in [-0.3, -0.25) is 9.59 Å². The molecule has 0 aliphatic rings. The van der Waals surface area contributed by atoms with Crippen molar-refractivity contribution in [3.63, 3.8) is 0 Å². The number of hydrogen-bond acceptors (Lipinski definition) is 4. The normalized spacial score (nSPS) is 10.4. The highest BCUT2D eigenvalue weighted by Gasteiger charge is 2.06. The van der Waals surface area contributed by atoms with E-state index < -0.39 is 5.97 Å². The van der Waals surface area contributed by atoms with Crippen LogP contribution in [0.15, 0.2) is 10.6 Å². The van der Waals surface area contributed by atoms with Gasteiger partial charge in [-0.2, -0.15) is 0 Å². The van der Waals surface area contributed by atoms with Gasteiger partial charge in [0.25, 0.3) is 0 Å². The van der Waals surface area contributed by atoms with Crippen LogP contribution in [0.3, 0.4) is 0 Å². The van der Waals surface area contributed by atoms with Crippen LogP contribution in [0.25, 0.3) is 0 Å². The van der Waals surface area contributed by atoms with Gasteiger partial charge in [0.1, 0.15) is 5.76 Å². The Labute approximate surface area is 118 Å². The van der Waals surface area contributed by atoms with Crippen molar-refractivity contribution < 1.29 is 19.2 Å². The predicted molar refractivity (Wildman–Crippen MR) is 73.3 cm³/mol. The first-order chi connectivity index (χ1) is 9.58. The van der Waals surface area contributed by atoms with Crippen LogP contribution in [0, 0.1) is 6.92 Å². The Kier molecular flexibility index (Phi) is 7.39. The molecule has 0 radical (unpaired) electrons. The second-order valence-electron chi connectivity index (χ2n) is 4.87. The van der Waals surface area contributed by atoms with Crippen LogP contribution < -0.4 is 5.32 Å². The fourth-order valence-corrected chi connectivity index (χ4v) is 1.89. The predicted octanol–water partition coefficient (Wildman–Crippen LogP) is 2.07. The van der Waals surface area contributed by atoms with Crippen LogP contribution in [0.5, 0.6) is 0 Å². The van der Waals surface area contributed by atoms with E-state index >= 15 is 0 Å². The summed E-state index contributed by atoms with van der Waals surface area (Å²) in [5.41, 5.74) is 0.647. The standard InChI is InChI=1S/C14H22N2O4/c1-11-9-12(16-20-11)10-13(17)15-8-6-4-2-3-5-7-14(18)19/h9H,2-8,10H2,1H3,(H,15,17)(H,18,19). The molecule has 20 heavy (non-hydrogen) atoms. The van der Waals surface area contributed by atoms with Gasteiger partial charge >= 0.3 is 5.97 Å². The van der Waals surface area contributed by atoms with Crippen molar-refractivity contribution in [1.29, 1.82) is 0 Å². The van der Waals surface area contributed by atoms with Gasteiger partial charge in [-0.1, -0.05) is 24.4 Å². The summed E-state index contributed by atoms with van der Waals surface area (Å²) in [4.78, 5) is 21.9. The maximum atomic E-state index is 11.6. The molecule has 0 saturated carbocycles. The summed E-state index contributed by atoms with van der Waals surface area (Å²) in [6, 6.07) is 1.75. The third-order valence-corrected chi connectivity index (χ3v) is 2.91. The van der Waals surface area contributed by atoms with E-state index in [1.165, 1.54) is 0 Å². The highest BCUT2D eigenvalue weighted by atomic mass is 16.5. The summed E-state index contributed by atoms with van der Waals surface area (Å²) >= 11 is 0. The SMILES string of the molecule is Cc1cc(CC(=O)NCCCCCCCC(=O)O)no1. The molecule has 0 unspecified atom stereocenters. The topological polar surface area (TPSA) is 92.4 Å². The van der Waals surface area contributed by atoms with Gasteiger partial charge in [-0.15, -0.1) is 0 Å². The molecule has 0 fully saturated rings. The van der Waals surface area contributed by atoms with Crippen molar-refractivity contribution in [1.82, 2.24) is 10.5 Å². The molecule has 6 heteroatoms. The molecule has 1 rings (SSSR count). The molecule has 0 aromatic carbocycles. The Morgan fingerprint density at radius 1 is 1.25 bits per heavy atom. The number of hydrogen-bond donors (Lipinski definition) is 2. The van der Waals surface area contributed by atoms with Crippen molar-refractivity contribution in [2.75, 3.05) is 6.54 Å². The fourth-order valence-electron chi connectivity index (χ4n) is 1.89. The Morgan fingerprint density at radius 3 is 2.60 bits per heavy atom. The third-order valence-electron chi connectivity index (χ3n) is 2.91. The second-order valence-corrected chi connectivity index (χ2v) is 4.87. The second kappa shape index (κ2) is 9.12. The lowest BCUT2D eigenvalue weighted by Crippen LogP contribution is -2.26. The molecule has 0 spiro atoms. The van der Waals surface area contributed by atoms with Gasteiger partial charge in [0.05, 0.1) is 12.1 Å². The van der Waals surface area contributed by atoms with Crippen LogP contribution in [0.4, 0.5) is 0 Å². The molecule has 1 aromatic rings. The molecule has 2 N–H and O–H groups in total. The van der Waals surface area contributed by atoms with E-state index in [-0.39, 0.29) is 18.7 Å². The van der Waals surface area contributed by atoms with E-state index in [4.69, 9.17) is 9.63 Å². The molecule has 1 amide bonds. The van der Waals surface area contributed by atoms with Crippen LogP contribution in [-0.4, -0.2) is 28.7 Å². The summed E-state index contributed by atoms with van der Waals surface area (Å²) in [5, 5.41) is 15.1. The number of nitrogens with zero attached hydrogens (tertiary/aromatic N) is 1. The quantitative estimate of drug-likeness (QED) is 0.641. The first-order valence-electron chi connectivity index (χ1n) is 6.98. The molecule has 112 valence electrons. The van der Waals surface area contributed by atoms with Crippen molar-refractivity contribution in [3.05, 3.63) is 17.5 Å². The lowest BCUT2D eigenvalue weighted by Gasteiger charge is -2.03. The molecular weight excluding hydrogens is 260 g/mol. The Bertz CT molecular complexity index is 429. The number of carbonyl (C=O) groups is 2. The number of unbranched alkanes of at least 4 members (excludes halogenated alkanes) is 4. The molecule has 0 aliphatic heterocycles. The minimum absolute atomic E-state index is 0.0517. The summed E-state index contributed by atoms with van der Waals surface area (Å²) in [6.07, 6.45) is 5.07. The zero-order valence-corrected chi connectivity index (χ0v) is 11.9. The zero-order chi connectivity index (χ0) is 14.8. The summed E-state index contributed by atoms with van der Waals surface area (Å²) < 4.78 is 4.89.